The van der Waals surface area contributed by atoms with Gasteiger partial charge in [0.2, 0.25) is 0 Å². The molecule has 1 aliphatic carbocycles. The minimum absolute atomic E-state index is 0.322. The van der Waals surface area contributed by atoms with Gasteiger partial charge in [-0.15, -0.1) is 0 Å². The number of hydrogen-bond donors (Lipinski definition) is 1. The van der Waals surface area contributed by atoms with Crippen molar-refractivity contribution in [2.24, 2.45) is 5.92 Å². The molecule has 1 aromatic carbocycles. The monoisotopic (exact) mass is 286 g/mol. The molecule has 2 aliphatic rings. The highest BCUT2D eigenvalue weighted by molar-refractivity contribution is 5.29. The maximum atomic E-state index is 3.87. The number of hydrogen-bond acceptors (Lipinski definition) is 2. The van der Waals surface area contributed by atoms with E-state index in [1.807, 2.05) is 0 Å². The van der Waals surface area contributed by atoms with Gasteiger partial charge in [-0.25, -0.2) is 0 Å². The maximum absolute atomic E-state index is 3.87. The van der Waals surface area contributed by atoms with Crippen molar-refractivity contribution in [3.8, 4) is 0 Å². The van der Waals surface area contributed by atoms with E-state index >= 15 is 0 Å². The fraction of sp³-hybridized carbons (Fsp3) is 0.684. The zero-order valence-electron chi connectivity index (χ0n) is 14.0. The molecule has 116 valence electrons. The molecule has 3 rings (SSSR count). The Morgan fingerprint density at radius 2 is 2.05 bits per heavy atom. The summed E-state index contributed by atoms with van der Waals surface area (Å²) in [6.45, 7) is 11.7. The number of piperazine rings is 1. The molecule has 0 aromatic heterocycles. The molecular formula is C19H30N2. The predicted molar refractivity (Wildman–Crippen MR) is 89.5 cm³/mol. The van der Waals surface area contributed by atoms with Crippen LogP contribution in [0.25, 0.3) is 0 Å². The van der Waals surface area contributed by atoms with Gasteiger partial charge in [0.25, 0.3) is 0 Å². The minimum Gasteiger partial charge on any atom is -0.308 e. The number of nitrogens with zero attached hydrogens (tertiary/aromatic N) is 1. The van der Waals surface area contributed by atoms with Crippen LogP contribution in [0, 0.1) is 12.8 Å². The first-order chi connectivity index (χ1) is 10.0. The van der Waals surface area contributed by atoms with Gasteiger partial charge in [-0.05, 0) is 57.1 Å². The molecule has 1 saturated heterocycles. The molecule has 3 atom stereocenters. The summed E-state index contributed by atoms with van der Waals surface area (Å²) in [5.41, 5.74) is 3.24. The molecule has 1 N–H and O–H groups in total. The minimum atomic E-state index is 0.322. The van der Waals surface area contributed by atoms with Crippen LogP contribution >= 0.6 is 0 Å². The van der Waals surface area contributed by atoms with E-state index in [0.717, 1.165) is 12.5 Å². The maximum Gasteiger partial charge on any atom is 0.0326 e. The van der Waals surface area contributed by atoms with Crippen LogP contribution in [0.1, 0.15) is 57.2 Å². The van der Waals surface area contributed by atoms with E-state index in [4.69, 9.17) is 0 Å². The van der Waals surface area contributed by atoms with Gasteiger partial charge < -0.3 is 5.32 Å². The lowest BCUT2D eigenvalue weighted by atomic mass is 9.88. The Hall–Kier alpha value is -0.860. The third-order valence-corrected chi connectivity index (χ3v) is 5.81. The largest absolute Gasteiger partial charge is 0.308 e. The molecule has 2 fully saturated rings. The Kier molecular flexibility index (Phi) is 4.11. The van der Waals surface area contributed by atoms with Crippen LogP contribution < -0.4 is 5.32 Å². The summed E-state index contributed by atoms with van der Waals surface area (Å²) in [4.78, 5) is 2.76. The molecule has 1 saturated carbocycles. The van der Waals surface area contributed by atoms with E-state index in [-0.39, 0.29) is 0 Å². The van der Waals surface area contributed by atoms with Crippen LogP contribution in [-0.4, -0.2) is 29.6 Å². The molecule has 0 amide bonds. The molecule has 21 heavy (non-hydrogen) atoms. The smallest absolute Gasteiger partial charge is 0.0326 e. The highest BCUT2D eigenvalue weighted by atomic mass is 15.3. The van der Waals surface area contributed by atoms with Gasteiger partial charge in [-0.1, -0.05) is 31.2 Å². The number of nitrogens with one attached hydrogen (secondary N) is 1. The second-order valence-corrected chi connectivity index (χ2v) is 7.34. The summed E-state index contributed by atoms with van der Waals surface area (Å²) in [6, 6.07) is 10.1. The molecule has 1 aliphatic heterocycles. The van der Waals surface area contributed by atoms with Crippen LogP contribution in [0.15, 0.2) is 24.3 Å². The van der Waals surface area contributed by atoms with Crippen LogP contribution in [0.2, 0.25) is 0 Å². The quantitative estimate of drug-likeness (QED) is 0.903. The van der Waals surface area contributed by atoms with E-state index < -0.39 is 0 Å². The third-order valence-electron chi connectivity index (χ3n) is 5.81. The van der Waals surface area contributed by atoms with Gasteiger partial charge in [0, 0.05) is 30.7 Å². The van der Waals surface area contributed by atoms with Crippen molar-refractivity contribution in [2.45, 2.75) is 64.6 Å². The Labute approximate surface area is 129 Å². The molecule has 2 nitrogen and oxygen atoms in total. The molecule has 3 unspecified atom stereocenters. The molecule has 0 bridgehead atoms. The lowest BCUT2D eigenvalue weighted by Gasteiger charge is -2.49. The summed E-state index contributed by atoms with van der Waals surface area (Å²) in [5.74, 6) is 0.891. The van der Waals surface area contributed by atoms with E-state index in [1.165, 1.54) is 36.9 Å². The van der Waals surface area contributed by atoms with Crippen molar-refractivity contribution in [1.29, 1.82) is 0 Å². The highest BCUT2D eigenvalue weighted by Crippen LogP contribution is 2.43. The van der Waals surface area contributed by atoms with Crippen molar-refractivity contribution in [1.82, 2.24) is 10.2 Å². The van der Waals surface area contributed by atoms with E-state index in [2.05, 4.69) is 62.2 Å². The van der Waals surface area contributed by atoms with Gasteiger partial charge in [0.15, 0.2) is 0 Å². The summed E-state index contributed by atoms with van der Waals surface area (Å²) in [6.07, 6.45) is 4.05. The van der Waals surface area contributed by atoms with E-state index in [9.17, 15) is 0 Å². The van der Waals surface area contributed by atoms with E-state index in [0.29, 0.717) is 17.6 Å². The zero-order valence-corrected chi connectivity index (χ0v) is 14.0. The molecular weight excluding hydrogens is 256 g/mol. The van der Waals surface area contributed by atoms with Crippen LogP contribution in [-0.2, 0) is 0 Å². The van der Waals surface area contributed by atoms with Gasteiger partial charge in [0.1, 0.15) is 0 Å². The zero-order chi connectivity index (χ0) is 15.0. The first-order valence-corrected chi connectivity index (χ1v) is 8.61. The third kappa shape index (κ3) is 2.89. The highest BCUT2D eigenvalue weighted by Gasteiger charge is 2.46. The average molecular weight is 286 g/mol. The molecule has 0 spiro atoms. The lowest BCUT2D eigenvalue weighted by molar-refractivity contribution is 0.0416. The number of rotatable bonds is 4. The Morgan fingerprint density at radius 1 is 1.33 bits per heavy atom. The van der Waals surface area contributed by atoms with Crippen molar-refractivity contribution >= 4 is 0 Å². The fourth-order valence-corrected chi connectivity index (χ4v) is 4.09. The molecule has 1 aromatic rings. The summed E-state index contributed by atoms with van der Waals surface area (Å²) in [7, 11) is 0. The fourth-order valence-electron chi connectivity index (χ4n) is 4.09. The average Bonchev–Trinajstić information content (AvgIpc) is 3.32. The van der Waals surface area contributed by atoms with Crippen molar-refractivity contribution in [2.75, 3.05) is 13.1 Å². The van der Waals surface area contributed by atoms with Crippen molar-refractivity contribution in [3.05, 3.63) is 35.4 Å². The standard InChI is InChI=1S/C19H30N2/c1-5-17-12-20-19(4,16-10-11-16)13-21(17)15(3)18-9-7-6-8-14(18)2/h6-9,15-17,20H,5,10-13H2,1-4H3. The van der Waals surface area contributed by atoms with Crippen LogP contribution in [0.3, 0.4) is 0 Å². The lowest BCUT2D eigenvalue weighted by Crippen LogP contribution is -2.64. The van der Waals surface area contributed by atoms with E-state index in [1.54, 1.807) is 0 Å². The predicted octanol–water partition coefficient (Wildman–Crippen LogP) is 3.91. The Bertz CT molecular complexity index is 494. The summed E-state index contributed by atoms with van der Waals surface area (Å²) in [5, 5.41) is 3.87. The first-order valence-electron chi connectivity index (χ1n) is 8.61. The summed E-state index contributed by atoms with van der Waals surface area (Å²) < 4.78 is 0. The van der Waals surface area contributed by atoms with Crippen LogP contribution in [0.4, 0.5) is 0 Å². The van der Waals surface area contributed by atoms with Crippen molar-refractivity contribution < 1.29 is 0 Å². The van der Waals surface area contributed by atoms with Crippen LogP contribution in [0.5, 0.6) is 0 Å². The topological polar surface area (TPSA) is 15.3 Å². The SMILES string of the molecule is CCC1CNC(C)(C2CC2)CN1C(C)c1ccccc1C. The molecule has 1 heterocycles. The number of aryl methyl sites for hydroxylation is 1. The van der Waals surface area contributed by atoms with Gasteiger partial charge in [-0.3, -0.25) is 4.90 Å². The first kappa shape index (κ1) is 15.1. The molecule has 2 heteroatoms. The normalized spacial score (nSPS) is 32.1. The number of benzene rings is 1. The molecule has 0 radical (unpaired) electrons. The van der Waals surface area contributed by atoms with Gasteiger partial charge >= 0.3 is 0 Å². The van der Waals surface area contributed by atoms with Gasteiger partial charge in [0.05, 0.1) is 0 Å². The van der Waals surface area contributed by atoms with Crippen molar-refractivity contribution in [3.63, 3.8) is 0 Å². The second-order valence-electron chi connectivity index (χ2n) is 7.34. The Morgan fingerprint density at radius 3 is 2.67 bits per heavy atom. The second kappa shape index (κ2) is 5.73. The Balaban J connectivity index is 1.84. The summed E-state index contributed by atoms with van der Waals surface area (Å²) >= 11 is 0. The van der Waals surface area contributed by atoms with Gasteiger partial charge in [-0.2, -0.15) is 0 Å².